The van der Waals surface area contributed by atoms with Crippen molar-refractivity contribution < 1.29 is 14.3 Å². The molecular formula is C17H24FNO2. The molecule has 4 heteroatoms. The van der Waals surface area contributed by atoms with Crippen LogP contribution in [0.5, 0.6) is 0 Å². The second kappa shape index (κ2) is 7.03. The highest BCUT2D eigenvalue weighted by Crippen LogP contribution is 2.25. The average Bonchev–Trinajstić information content (AvgIpc) is 2.46. The van der Waals surface area contributed by atoms with Crippen molar-refractivity contribution >= 4 is 5.97 Å². The number of carboxylic acid groups (broad SMARTS) is 1. The Hall–Kier alpha value is -1.42. The number of rotatable bonds is 5. The molecule has 2 rings (SSSR count). The molecule has 116 valence electrons. The molecule has 21 heavy (non-hydrogen) atoms. The van der Waals surface area contributed by atoms with Crippen LogP contribution in [0.4, 0.5) is 4.39 Å². The second-order valence-corrected chi connectivity index (χ2v) is 6.28. The fraction of sp³-hybridized carbons (Fsp3) is 0.588. The Balaban J connectivity index is 2.12. The zero-order chi connectivity index (χ0) is 15.4. The highest BCUT2D eigenvalue weighted by molar-refractivity contribution is 5.70. The maximum atomic E-state index is 13.9. The minimum absolute atomic E-state index is 0.171. The number of piperidine rings is 1. The molecule has 1 fully saturated rings. The van der Waals surface area contributed by atoms with E-state index in [-0.39, 0.29) is 17.8 Å². The molecule has 0 saturated carbocycles. The number of halogens is 1. The monoisotopic (exact) mass is 293 g/mol. The largest absolute Gasteiger partial charge is 0.481 e. The van der Waals surface area contributed by atoms with Crippen molar-refractivity contribution in [2.24, 2.45) is 11.8 Å². The average molecular weight is 293 g/mol. The summed E-state index contributed by atoms with van der Waals surface area (Å²) in [6.07, 6.45) is 2.28. The summed E-state index contributed by atoms with van der Waals surface area (Å²) in [5.41, 5.74) is 0.716. The Bertz CT molecular complexity index is 489. The van der Waals surface area contributed by atoms with Gasteiger partial charge in [0.25, 0.3) is 0 Å². The van der Waals surface area contributed by atoms with E-state index in [1.165, 1.54) is 6.07 Å². The van der Waals surface area contributed by atoms with Crippen LogP contribution in [0.3, 0.4) is 0 Å². The van der Waals surface area contributed by atoms with Gasteiger partial charge in [-0.1, -0.05) is 32.0 Å². The Morgan fingerprint density at radius 2 is 2.14 bits per heavy atom. The smallest absolute Gasteiger partial charge is 0.307 e. The molecule has 1 saturated heterocycles. The molecule has 1 aliphatic rings. The van der Waals surface area contributed by atoms with E-state index in [9.17, 15) is 14.3 Å². The van der Waals surface area contributed by atoms with E-state index in [0.717, 1.165) is 19.4 Å². The van der Waals surface area contributed by atoms with E-state index in [4.69, 9.17) is 0 Å². The van der Waals surface area contributed by atoms with Crippen LogP contribution in [0.1, 0.15) is 32.3 Å². The zero-order valence-corrected chi connectivity index (χ0v) is 12.8. The third kappa shape index (κ3) is 4.03. The van der Waals surface area contributed by atoms with Gasteiger partial charge in [0.1, 0.15) is 5.82 Å². The summed E-state index contributed by atoms with van der Waals surface area (Å²) in [5, 5.41) is 9.22. The summed E-state index contributed by atoms with van der Waals surface area (Å²) in [5.74, 6) is -0.819. The van der Waals surface area contributed by atoms with Crippen molar-refractivity contribution in [3.8, 4) is 0 Å². The number of benzene rings is 1. The summed E-state index contributed by atoms with van der Waals surface area (Å²) in [4.78, 5) is 13.5. The summed E-state index contributed by atoms with van der Waals surface area (Å²) in [7, 11) is 0. The van der Waals surface area contributed by atoms with Crippen LogP contribution in [0.25, 0.3) is 0 Å². The van der Waals surface area contributed by atoms with Crippen LogP contribution >= 0.6 is 0 Å². The normalized spacial score (nSPS) is 21.4. The molecule has 1 N–H and O–H groups in total. The van der Waals surface area contributed by atoms with Gasteiger partial charge in [0, 0.05) is 12.6 Å². The summed E-state index contributed by atoms with van der Waals surface area (Å²) in [6, 6.07) is 7.05. The molecule has 0 bridgehead atoms. The second-order valence-electron chi connectivity index (χ2n) is 6.28. The van der Waals surface area contributed by atoms with Crippen molar-refractivity contribution in [2.45, 2.75) is 39.2 Å². The van der Waals surface area contributed by atoms with Crippen molar-refractivity contribution in [1.29, 1.82) is 0 Å². The van der Waals surface area contributed by atoms with Crippen molar-refractivity contribution in [1.82, 2.24) is 4.90 Å². The molecule has 1 aliphatic heterocycles. The number of carboxylic acids is 1. The number of likely N-dealkylation sites (tertiary alicyclic amines) is 1. The maximum Gasteiger partial charge on any atom is 0.307 e. The van der Waals surface area contributed by atoms with Gasteiger partial charge in [0.15, 0.2) is 0 Å². The SMILES string of the molecule is CC(C)C(Cc1ccccc1F)N1CCCC(C(=O)O)C1. The molecule has 0 spiro atoms. The molecule has 1 aromatic carbocycles. The van der Waals surface area contributed by atoms with Gasteiger partial charge >= 0.3 is 5.97 Å². The number of carbonyl (C=O) groups is 1. The van der Waals surface area contributed by atoms with E-state index in [1.54, 1.807) is 6.07 Å². The number of aliphatic carboxylic acids is 1. The number of hydrogen-bond donors (Lipinski definition) is 1. The summed E-state index contributed by atoms with van der Waals surface area (Å²) in [6.45, 7) is 5.72. The lowest BCUT2D eigenvalue weighted by Crippen LogP contribution is -2.47. The first-order chi connectivity index (χ1) is 9.99. The van der Waals surface area contributed by atoms with Crippen LogP contribution in [0.15, 0.2) is 24.3 Å². The van der Waals surface area contributed by atoms with E-state index < -0.39 is 5.97 Å². The third-order valence-electron chi connectivity index (χ3n) is 4.43. The van der Waals surface area contributed by atoms with Crippen molar-refractivity contribution in [2.75, 3.05) is 13.1 Å². The van der Waals surface area contributed by atoms with Crippen LogP contribution in [-0.2, 0) is 11.2 Å². The summed E-state index contributed by atoms with van der Waals surface area (Å²) < 4.78 is 13.9. The van der Waals surface area contributed by atoms with Crippen LogP contribution < -0.4 is 0 Å². The molecular weight excluding hydrogens is 269 g/mol. The van der Waals surface area contributed by atoms with Crippen LogP contribution in [0, 0.1) is 17.7 Å². The Morgan fingerprint density at radius 1 is 1.43 bits per heavy atom. The first kappa shape index (κ1) is 16.0. The van der Waals surface area contributed by atoms with Crippen molar-refractivity contribution in [3.05, 3.63) is 35.6 Å². The van der Waals surface area contributed by atoms with Gasteiger partial charge in [0.2, 0.25) is 0 Å². The highest BCUT2D eigenvalue weighted by Gasteiger charge is 2.31. The number of hydrogen-bond acceptors (Lipinski definition) is 2. The lowest BCUT2D eigenvalue weighted by molar-refractivity contribution is -0.144. The standard InChI is InChI=1S/C17H24FNO2/c1-12(2)16(10-13-6-3-4-8-15(13)18)19-9-5-7-14(11-19)17(20)21/h3-4,6,8,12,14,16H,5,7,9-11H2,1-2H3,(H,20,21). The van der Waals surface area contributed by atoms with E-state index in [1.807, 2.05) is 12.1 Å². The Labute approximate surface area is 125 Å². The van der Waals surface area contributed by atoms with E-state index >= 15 is 0 Å². The van der Waals surface area contributed by atoms with Gasteiger partial charge in [-0.2, -0.15) is 0 Å². The maximum absolute atomic E-state index is 13.9. The van der Waals surface area contributed by atoms with Gasteiger partial charge in [-0.15, -0.1) is 0 Å². The molecule has 1 heterocycles. The molecule has 1 aromatic rings. The molecule has 0 aliphatic carbocycles. The quantitative estimate of drug-likeness (QED) is 0.906. The third-order valence-corrected chi connectivity index (χ3v) is 4.43. The van der Waals surface area contributed by atoms with E-state index in [0.29, 0.717) is 24.4 Å². The van der Waals surface area contributed by atoms with Gasteiger partial charge in [-0.05, 0) is 43.4 Å². The van der Waals surface area contributed by atoms with Gasteiger partial charge < -0.3 is 5.11 Å². The fourth-order valence-electron chi connectivity index (χ4n) is 3.18. The van der Waals surface area contributed by atoms with Crippen molar-refractivity contribution in [3.63, 3.8) is 0 Å². The van der Waals surface area contributed by atoms with Gasteiger partial charge in [0.05, 0.1) is 5.92 Å². The van der Waals surface area contributed by atoms with Crippen LogP contribution in [-0.4, -0.2) is 35.1 Å². The Kier molecular flexibility index (Phi) is 5.34. The van der Waals surface area contributed by atoms with Crippen LogP contribution in [0.2, 0.25) is 0 Å². The minimum atomic E-state index is -0.715. The van der Waals surface area contributed by atoms with Gasteiger partial charge in [-0.3, -0.25) is 9.69 Å². The fourth-order valence-corrected chi connectivity index (χ4v) is 3.18. The molecule has 2 atom stereocenters. The lowest BCUT2D eigenvalue weighted by Gasteiger charge is -2.39. The number of nitrogens with zero attached hydrogens (tertiary/aromatic N) is 1. The molecule has 3 nitrogen and oxygen atoms in total. The topological polar surface area (TPSA) is 40.5 Å². The first-order valence-corrected chi connectivity index (χ1v) is 7.69. The lowest BCUT2D eigenvalue weighted by atomic mass is 9.90. The minimum Gasteiger partial charge on any atom is -0.481 e. The first-order valence-electron chi connectivity index (χ1n) is 7.69. The predicted molar refractivity (Wildman–Crippen MR) is 80.7 cm³/mol. The van der Waals surface area contributed by atoms with E-state index in [2.05, 4.69) is 18.7 Å². The highest BCUT2D eigenvalue weighted by atomic mass is 19.1. The molecule has 2 unspecified atom stereocenters. The summed E-state index contributed by atoms with van der Waals surface area (Å²) >= 11 is 0. The molecule has 0 radical (unpaired) electrons. The zero-order valence-electron chi connectivity index (χ0n) is 12.8. The predicted octanol–water partition coefficient (Wildman–Crippen LogP) is 3.19. The molecule has 0 amide bonds. The molecule has 0 aromatic heterocycles. The Morgan fingerprint density at radius 3 is 2.76 bits per heavy atom. The van der Waals surface area contributed by atoms with Gasteiger partial charge in [-0.25, -0.2) is 4.39 Å².